The van der Waals surface area contributed by atoms with E-state index < -0.39 is 12.0 Å². The molecule has 2 saturated heterocycles. The minimum atomic E-state index is -1.05. The number of likely N-dealkylation sites (tertiary alicyclic amines) is 1. The molecule has 1 amide bonds. The van der Waals surface area contributed by atoms with Crippen LogP contribution in [0.15, 0.2) is 11.3 Å². The van der Waals surface area contributed by atoms with Crippen LogP contribution in [0.3, 0.4) is 0 Å². The summed E-state index contributed by atoms with van der Waals surface area (Å²) in [6.07, 6.45) is 1.21. The lowest BCUT2D eigenvalue weighted by Gasteiger charge is -2.49. The van der Waals surface area contributed by atoms with Crippen molar-refractivity contribution in [3.8, 4) is 0 Å². The van der Waals surface area contributed by atoms with Gasteiger partial charge >= 0.3 is 5.97 Å². The van der Waals surface area contributed by atoms with Crippen molar-refractivity contribution in [1.29, 1.82) is 0 Å². The number of quaternary nitrogens is 1. The lowest BCUT2D eigenvalue weighted by atomic mass is 10.0. The first kappa shape index (κ1) is 15.8. The summed E-state index contributed by atoms with van der Waals surface area (Å²) in [4.78, 5) is 24.9. The molecule has 0 spiro atoms. The number of likely N-dealkylation sites (N-methyl/N-ethyl adjacent to an activating group) is 1. The third-order valence-corrected chi connectivity index (χ3v) is 6.23. The number of hydrogen-bond acceptors (Lipinski definition) is 5. The van der Waals surface area contributed by atoms with E-state index in [2.05, 4.69) is 7.05 Å². The zero-order chi connectivity index (χ0) is 16.1. The Bertz CT molecular complexity index is 542. The lowest BCUT2D eigenvalue weighted by Crippen LogP contribution is -2.69. The molecule has 4 N–H and O–H groups in total. The van der Waals surface area contributed by atoms with Gasteiger partial charge in [0.25, 0.3) is 0 Å². The Morgan fingerprint density at radius 2 is 2.09 bits per heavy atom. The molecule has 0 saturated carbocycles. The average Bonchev–Trinajstić information content (AvgIpc) is 2.49. The van der Waals surface area contributed by atoms with Crippen LogP contribution in [0.2, 0.25) is 0 Å². The number of aliphatic hydroxyl groups excluding tert-OH is 1. The number of fused-ring (bicyclic) bond motifs is 1. The first-order valence-electron chi connectivity index (χ1n) is 7.49. The molecule has 122 valence electrons. The van der Waals surface area contributed by atoms with Crippen molar-refractivity contribution in [2.45, 2.75) is 30.4 Å². The average molecular weight is 328 g/mol. The van der Waals surface area contributed by atoms with E-state index in [9.17, 15) is 19.8 Å². The highest BCUT2D eigenvalue weighted by Crippen LogP contribution is 2.40. The number of piperidine rings is 1. The Morgan fingerprint density at radius 1 is 1.45 bits per heavy atom. The maximum absolute atomic E-state index is 11.9. The van der Waals surface area contributed by atoms with Gasteiger partial charge in [-0.05, 0) is 0 Å². The number of carboxylic acids is 1. The fraction of sp³-hybridized carbons (Fsp3) is 0.714. The molecule has 0 radical (unpaired) electrons. The number of carboxylic acid groups (broad SMARTS) is 1. The minimum absolute atomic E-state index is 0.126. The van der Waals surface area contributed by atoms with E-state index >= 15 is 0 Å². The number of nitrogens with zero attached hydrogens (tertiary/aromatic N) is 2. The van der Waals surface area contributed by atoms with Crippen LogP contribution in [0.1, 0.15) is 12.8 Å². The highest BCUT2D eigenvalue weighted by molar-refractivity contribution is 8.00. The molecule has 2 unspecified atom stereocenters. The Hall–Kier alpha value is -1.09. The van der Waals surface area contributed by atoms with Crippen molar-refractivity contribution in [2.24, 2.45) is 5.73 Å². The van der Waals surface area contributed by atoms with Gasteiger partial charge in [0, 0.05) is 24.2 Å². The summed E-state index contributed by atoms with van der Waals surface area (Å²) in [5.41, 5.74) is 6.68. The second-order valence-corrected chi connectivity index (χ2v) is 7.75. The summed E-state index contributed by atoms with van der Waals surface area (Å²) < 4.78 is 0.711. The van der Waals surface area contributed by atoms with Gasteiger partial charge in [-0.15, -0.1) is 11.8 Å². The molecule has 3 aliphatic rings. The largest absolute Gasteiger partial charge is 0.477 e. The first-order chi connectivity index (χ1) is 10.3. The SMILES string of the molecule is C[N+]1(CC2=C(C(=O)O)N3C(=O)C(N)C3SC2)CCC(O)CC1. The summed E-state index contributed by atoms with van der Waals surface area (Å²) in [5, 5.41) is 19.0. The molecular weight excluding hydrogens is 306 g/mol. The third-order valence-electron chi connectivity index (χ3n) is 4.87. The van der Waals surface area contributed by atoms with Gasteiger partial charge in [-0.25, -0.2) is 4.79 Å². The molecule has 0 aromatic heterocycles. The van der Waals surface area contributed by atoms with Gasteiger partial charge in [0.05, 0.1) is 26.2 Å². The monoisotopic (exact) mass is 328 g/mol. The van der Waals surface area contributed by atoms with Crippen LogP contribution in [0.5, 0.6) is 0 Å². The highest BCUT2D eigenvalue weighted by atomic mass is 32.2. The van der Waals surface area contributed by atoms with Crippen LogP contribution in [-0.4, -0.2) is 81.4 Å². The van der Waals surface area contributed by atoms with E-state index in [1.807, 2.05) is 0 Å². The molecule has 0 aliphatic carbocycles. The van der Waals surface area contributed by atoms with E-state index in [-0.39, 0.29) is 23.1 Å². The van der Waals surface area contributed by atoms with Crippen LogP contribution < -0.4 is 5.73 Å². The number of thioether (sulfide) groups is 1. The van der Waals surface area contributed by atoms with Gasteiger partial charge in [-0.1, -0.05) is 0 Å². The molecule has 8 heteroatoms. The zero-order valence-electron chi connectivity index (χ0n) is 12.6. The number of carbonyl (C=O) groups excluding carboxylic acids is 1. The van der Waals surface area contributed by atoms with Crippen LogP contribution >= 0.6 is 11.8 Å². The molecule has 0 aromatic rings. The summed E-state index contributed by atoms with van der Waals surface area (Å²) in [5.74, 6) is -0.756. The van der Waals surface area contributed by atoms with E-state index in [4.69, 9.17) is 5.73 Å². The van der Waals surface area contributed by atoms with E-state index in [1.165, 1.54) is 4.90 Å². The minimum Gasteiger partial charge on any atom is -0.477 e. The van der Waals surface area contributed by atoms with E-state index in [1.54, 1.807) is 11.8 Å². The molecule has 7 nitrogen and oxygen atoms in total. The summed E-state index contributed by atoms with van der Waals surface area (Å²) in [6.45, 7) is 2.24. The van der Waals surface area contributed by atoms with Gasteiger partial charge in [-0.3, -0.25) is 9.69 Å². The second kappa shape index (κ2) is 5.52. The molecule has 3 aliphatic heterocycles. The molecule has 2 atom stereocenters. The van der Waals surface area contributed by atoms with Gasteiger partial charge in [0.15, 0.2) is 0 Å². The van der Waals surface area contributed by atoms with Crippen LogP contribution in [0, 0.1) is 0 Å². The number of β-lactam (4-membered cyclic amide) rings is 1. The van der Waals surface area contributed by atoms with Crippen molar-refractivity contribution in [2.75, 3.05) is 32.4 Å². The number of hydrogen-bond donors (Lipinski definition) is 3. The van der Waals surface area contributed by atoms with Crippen molar-refractivity contribution in [3.05, 3.63) is 11.3 Å². The molecule has 22 heavy (non-hydrogen) atoms. The van der Waals surface area contributed by atoms with Crippen molar-refractivity contribution in [1.82, 2.24) is 4.90 Å². The van der Waals surface area contributed by atoms with Crippen LogP contribution in [-0.2, 0) is 9.59 Å². The van der Waals surface area contributed by atoms with E-state index in [0.29, 0.717) is 16.8 Å². The topological polar surface area (TPSA) is 104 Å². The molecule has 2 fully saturated rings. The standard InChI is InChI=1S/C14H21N3O4S/c1-17(4-2-9(18)3-5-17)6-8-7-22-13-10(15)12(19)16(13)11(8)14(20)21/h9-10,13,18H,2-7,15H2,1H3/p+1. The number of aliphatic carboxylic acids is 1. The Labute approximate surface area is 133 Å². The lowest BCUT2D eigenvalue weighted by molar-refractivity contribution is -0.910. The fourth-order valence-corrected chi connectivity index (χ4v) is 4.78. The maximum atomic E-state index is 11.9. The van der Waals surface area contributed by atoms with Gasteiger partial charge in [-0.2, -0.15) is 0 Å². The maximum Gasteiger partial charge on any atom is 0.352 e. The van der Waals surface area contributed by atoms with Crippen molar-refractivity contribution >= 4 is 23.6 Å². The molecular formula is C14H22N3O4S+. The molecule has 0 bridgehead atoms. The van der Waals surface area contributed by atoms with Crippen LogP contribution in [0.25, 0.3) is 0 Å². The number of carbonyl (C=O) groups is 2. The van der Waals surface area contributed by atoms with Crippen molar-refractivity contribution in [3.63, 3.8) is 0 Å². The smallest absolute Gasteiger partial charge is 0.352 e. The predicted octanol–water partition coefficient (Wildman–Crippen LogP) is -0.831. The van der Waals surface area contributed by atoms with Gasteiger partial charge in [0.1, 0.15) is 23.7 Å². The summed E-state index contributed by atoms with van der Waals surface area (Å²) in [6, 6.07) is -0.587. The Kier molecular flexibility index (Phi) is 3.96. The molecule has 0 aromatic carbocycles. The fourth-order valence-electron chi connectivity index (χ4n) is 3.50. The summed E-state index contributed by atoms with van der Waals surface area (Å²) >= 11 is 1.54. The Balaban J connectivity index is 1.84. The number of nitrogens with two attached hydrogens (primary N) is 1. The third kappa shape index (κ3) is 2.54. The molecule has 3 rings (SSSR count). The zero-order valence-corrected chi connectivity index (χ0v) is 13.4. The van der Waals surface area contributed by atoms with Gasteiger partial charge in [0.2, 0.25) is 5.91 Å². The Morgan fingerprint density at radius 3 is 2.68 bits per heavy atom. The molecule has 3 heterocycles. The number of rotatable bonds is 3. The summed E-state index contributed by atoms with van der Waals surface area (Å²) in [7, 11) is 2.08. The first-order valence-corrected chi connectivity index (χ1v) is 8.54. The predicted molar refractivity (Wildman–Crippen MR) is 81.8 cm³/mol. The normalized spacial score (nSPS) is 38.6. The number of aliphatic hydroxyl groups is 1. The number of amides is 1. The van der Waals surface area contributed by atoms with Crippen molar-refractivity contribution < 1.29 is 24.3 Å². The van der Waals surface area contributed by atoms with Gasteiger partial charge < -0.3 is 20.4 Å². The van der Waals surface area contributed by atoms with E-state index in [0.717, 1.165) is 31.5 Å². The second-order valence-electron chi connectivity index (χ2n) is 6.65. The highest BCUT2D eigenvalue weighted by Gasteiger charge is 2.52. The quantitative estimate of drug-likeness (QED) is 0.461. The van der Waals surface area contributed by atoms with Crippen LogP contribution in [0.4, 0.5) is 0 Å².